The summed E-state index contributed by atoms with van der Waals surface area (Å²) in [6.45, 7) is 3.30. The molecule has 25 heavy (non-hydrogen) atoms. The number of ether oxygens (including phenoxy) is 1. The monoisotopic (exact) mass is 345 g/mol. The van der Waals surface area contributed by atoms with E-state index in [0.717, 1.165) is 55.9 Å². The van der Waals surface area contributed by atoms with Crippen molar-refractivity contribution in [1.82, 2.24) is 0 Å². The lowest BCUT2D eigenvalue weighted by atomic mass is 9.67. The van der Waals surface area contributed by atoms with E-state index < -0.39 is 0 Å². The smallest absolute Gasteiger partial charge is 0.306 e. The maximum Gasteiger partial charge on any atom is 0.306 e. The minimum absolute atomic E-state index is 0.137. The van der Waals surface area contributed by atoms with Crippen LogP contribution in [0.4, 0.5) is 0 Å². The number of carbonyl (C=O) groups is 2. The molecule has 0 spiro atoms. The maximum absolute atomic E-state index is 11.8. The van der Waals surface area contributed by atoms with Gasteiger partial charge in [-0.15, -0.1) is 0 Å². The summed E-state index contributed by atoms with van der Waals surface area (Å²) in [6, 6.07) is 8.17. The molecule has 1 aliphatic rings. The topological polar surface area (TPSA) is 69.4 Å². The molecule has 1 aromatic carbocycles. The van der Waals surface area contributed by atoms with Gasteiger partial charge < -0.3 is 15.3 Å². The van der Waals surface area contributed by atoms with E-state index in [9.17, 15) is 9.59 Å². The van der Waals surface area contributed by atoms with Crippen LogP contribution in [0.5, 0.6) is 0 Å². The molecule has 0 amide bonds. The van der Waals surface area contributed by atoms with Crippen molar-refractivity contribution in [2.45, 2.75) is 63.7 Å². The van der Waals surface area contributed by atoms with Crippen LogP contribution in [0.15, 0.2) is 24.3 Å². The highest BCUT2D eigenvalue weighted by Crippen LogP contribution is 2.40. The molecule has 138 valence electrons. The van der Waals surface area contributed by atoms with Gasteiger partial charge >= 0.3 is 5.97 Å². The summed E-state index contributed by atoms with van der Waals surface area (Å²) in [5, 5.41) is 0. The van der Waals surface area contributed by atoms with Crippen molar-refractivity contribution in [3.05, 3.63) is 35.4 Å². The average molecular weight is 345 g/mol. The fourth-order valence-electron chi connectivity index (χ4n) is 3.56. The lowest BCUT2D eigenvalue weighted by Crippen LogP contribution is -2.35. The Morgan fingerprint density at radius 2 is 1.96 bits per heavy atom. The van der Waals surface area contributed by atoms with Crippen LogP contribution < -0.4 is 5.73 Å². The number of hydrogen-bond donors (Lipinski definition) is 1. The summed E-state index contributed by atoms with van der Waals surface area (Å²) in [5.74, 6) is 0.410. The number of esters is 1. The Hall–Kier alpha value is -1.68. The molecular weight excluding hydrogens is 314 g/mol. The van der Waals surface area contributed by atoms with Gasteiger partial charge in [-0.25, -0.2) is 0 Å². The van der Waals surface area contributed by atoms with Gasteiger partial charge in [0.1, 0.15) is 6.29 Å². The summed E-state index contributed by atoms with van der Waals surface area (Å²) in [7, 11) is 0. The van der Waals surface area contributed by atoms with Crippen molar-refractivity contribution in [2.24, 2.45) is 11.7 Å². The summed E-state index contributed by atoms with van der Waals surface area (Å²) in [4.78, 5) is 23.5. The van der Waals surface area contributed by atoms with E-state index in [1.165, 1.54) is 0 Å². The molecular formula is C21H31NO3. The lowest BCUT2D eigenvalue weighted by molar-refractivity contribution is -0.143. The molecule has 4 nitrogen and oxygen atoms in total. The van der Waals surface area contributed by atoms with Crippen LogP contribution >= 0.6 is 0 Å². The average Bonchev–Trinajstić information content (AvgIpc) is 2.67. The molecule has 1 aliphatic carbocycles. The first kappa shape index (κ1) is 19.6. The molecule has 0 heterocycles. The SMILES string of the molecule is CCCCOC(=O)CCc1ccc(C2(C=O)CCC(CN)CC2)cc1. The number of aldehydes is 1. The Kier molecular flexibility index (Phi) is 7.63. The van der Waals surface area contributed by atoms with Crippen LogP contribution in [0.1, 0.15) is 63.0 Å². The van der Waals surface area contributed by atoms with Crippen molar-refractivity contribution in [3.8, 4) is 0 Å². The van der Waals surface area contributed by atoms with Gasteiger partial charge in [0.25, 0.3) is 0 Å². The number of unbranched alkanes of at least 4 members (excludes halogenated alkanes) is 1. The lowest BCUT2D eigenvalue weighted by Gasteiger charge is -2.36. The van der Waals surface area contributed by atoms with Gasteiger partial charge in [0.05, 0.1) is 12.0 Å². The van der Waals surface area contributed by atoms with Gasteiger partial charge in [-0.05, 0) is 62.1 Å². The van der Waals surface area contributed by atoms with E-state index in [0.29, 0.717) is 31.9 Å². The summed E-state index contributed by atoms with van der Waals surface area (Å²) >= 11 is 0. The molecule has 0 bridgehead atoms. The summed E-state index contributed by atoms with van der Waals surface area (Å²) in [6.07, 6.45) is 7.93. The molecule has 0 atom stereocenters. The third kappa shape index (κ3) is 5.40. The highest BCUT2D eigenvalue weighted by atomic mass is 16.5. The molecule has 0 aromatic heterocycles. The zero-order valence-electron chi connectivity index (χ0n) is 15.3. The number of nitrogens with two attached hydrogens (primary N) is 1. The van der Waals surface area contributed by atoms with Gasteiger partial charge in [-0.1, -0.05) is 37.6 Å². The third-order valence-electron chi connectivity index (χ3n) is 5.46. The van der Waals surface area contributed by atoms with Crippen molar-refractivity contribution in [3.63, 3.8) is 0 Å². The Labute approximate surface area is 151 Å². The van der Waals surface area contributed by atoms with Gasteiger partial charge in [-0.3, -0.25) is 4.79 Å². The number of rotatable bonds is 9. The van der Waals surface area contributed by atoms with Gasteiger partial charge in [0.2, 0.25) is 0 Å². The van der Waals surface area contributed by atoms with E-state index in [1.54, 1.807) is 0 Å². The predicted octanol–water partition coefficient (Wildman–Crippen LogP) is 3.55. The van der Waals surface area contributed by atoms with Crippen molar-refractivity contribution in [1.29, 1.82) is 0 Å². The number of aryl methyl sites for hydroxylation is 1. The largest absolute Gasteiger partial charge is 0.466 e. The molecule has 4 heteroatoms. The molecule has 0 unspecified atom stereocenters. The molecule has 1 saturated carbocycles. The first-order valence-electron chi connectivity index (χ1n) is 9.55. The number of hydrogen-bond acceptors (Lipinski definition) is 4. The number of benzene rings is 1. The van der Waals surface area contributed by atoms with Gasteiger partial charge in [-0.2, -0.15) is 0 Å². The van der Waals surface area contributed by atoms with Crippen LogP contribution in [0.2, 0.25) is 0 Å². The quantitative estimate of drug-likeness (QED) is 0.422. The van der Waals surface area contributed by atoms with E-state index in [-0.39, 0.29) is 11.4 Å². The van der Waals surface area contributed by atoms with Crippen molar-refractivity contribution in [2.75, 3.05) is 13.2 Å². The predicted molar refractivity (Wildman–Crippen MR) is 99.4 cm³/mol. The number of carbonyl (C=O) groups excluding carboxylic acids is 2. The molecule has 2 rings (SSSR count). The second kappa shape index (κ2) is 9.71. The van der Waals surface area contributed by atoms with Crippen molar-refractivity contribution >= 4 is 12.3 Å². The zero-order valence-corrected chi connectivity index (χ0v) is 15.3. The van der Waals surface area contributed by atoms with E-state index in [4.69, 9.17) is 10.5 Å². The molecule has 1 aromatic rings. The second-order valence-corrected chi connectivity index (χ2v) is 7.22. The Morgan fingerprint density at radius 1 is 1.28 bits per heavy atom. The van der Waals surface area contributed by atoms with Crippen LogP contribution in [0.3, 0.4) is 0 Å². The minimum atomic E-state index is -0.358. The first-order chi connectivity index (χ1) is 12.1. The van der Waals surface area contributed by atoms with Gasteiger partial charge in [0.15, 0.2) is 0 Å². The zero-order chi connectivity index (χ0) is 18.1. The summed E-state index contributed by atoms with van der Waals surface area (Å²) in [5.41, 5.74) is 7.60. The normalized spacial score (nSPS) is 23.2. The van der Waals surface area contributed by atoms with Crippen LogP contribution in [0.25, 0.3) is 0 Å². The highest BCUT2D eigenvalue weighted by molar-refractivity contribution is 5.70. The molecule has 1 fully saturated rings. The Balaban J connectivity index is 1.90. The minimum Gasteiger partial charge on any atom is -0.466 e. The molecule has 0 saturated heterocycles. The van der Waals surface area contributed by atoms with Crippen LogP contribution in [0, 0.1) is 5.92 Å². The molecule has 2 N–H and O–H groups in total. The van der Waals surface area contributed by atoms with Crippen LogP contribution in [-0.2, 0) is 26.2 Å². The standard InChI is InChI=1S/C21H31NO3/c1-2-3-14-25-20(24)9-6-17-4-7-19(8-5-17)21(16-23)12-10-18(15-22)11-13-21/h4-5,7-8,16,18H,2-3,6,9-15,22H2,1H3. The van der Waals surface area contributed by atoms with E-state index in [2.05, 4.69) is 19.1 Å². The second-order valence-electron chi connectivity index (χ2n) is 7.22. The molecule has 0 radical (unpaired) electrons. The Morgan fingerprint density at radius 3 is 2.52 bits per heavy atom. The highest BCUT2D eigenvalue weighted by Gasteiger charge is 2.36. The van der Waals surface area contributed by atoms with Gasteiger partial charge in [0, 0.05) is 6.42 Å². The molecule has 0 aliphatic heterocycles. The van der Waals surface area contributed by atoms with E-state index >= 15 is 0 Å². The third-order valence-corrected chi connectivity index (χ3v) is 5.46. The fraction of sp³-hybridized carbons (Fsp3) is 0.619. The van der Waals surface area contributed by atoms with Crippen molar-refractivity contribution < 1.29 is 14.3 Å². The summed E-state index contributed by atoms with van der Waals surface area (Å²) < 4.78 is 5.18. The van der Waals surface area contributed by atoms with E-state index in [1.807, 2.05) is 12.1 Å². The maximum atomic E-state index is 11.8. The van der Waals surface area contributed by atoms with Crippen LogP contribution in [-0.4, -0.2) is 25.4 Å². The fourth-order valence-corrected chi connectivity index (χ4v) is 3.56. The Bertz CT molecular complexity index is 545. The first-order valence-corrected chi connectivity index (χ1v) is 9.55.